The van der Waals surface area contributed by atoms with Gasteiger partial charge in [0.05, 0.1) is 7.11 Å². The molecule has 0 saturated carbocycles. The number of amides is 1. The van der Waals surface area contributed by atoms with Crippen molar-refractivity contribution in [1.82, 2.24) is 5.32 Å². The van der Waals surface area contributed by atoms with Gasteiger partial charge in [-0.05, 0) is 49.2 Å². The van der Waals surface area contributed by atoms with E-state index in [1.54, 1.807) is 32.2 Å². The molecular weight excluding hydrogens is 349 g/mol. The van der Waals surface area contributed by atoms with E-state index in [4.69, 9.17) is 32.7 Å². The molecule has 0 spiro atoms. The minimum absolute atomic E-state index is 0.195. The number of benzene rings is 2. The highest BCUT2D eigenvalue weighted by molar-refractivity contribution is 6.34. The first-order valence-corrected chi connectivity index (χ1v) is 8.27. The molecule has 0 saturated heterocycles. The number of carbonyl (C=O) groups is 1. The van der Waals surface area contributed by atoms with Gasteiger partial charge in [0.1, 0.15) is 11.5 Å². The second-order valence-corrected chi connectivity index (χ2v) is 6.13. The summed E-state index contributed by atoms with van der Waals surface area (Å²) in [6, 6.07) is 12.6. The number of ether oxygens (including phenoxy) is 2. The molecule has 1 amide bonds. The van der Waals surface area contributed by atoms with Crippen molar-refractivity contribution in [2.75, 3.05) is 13.7 Å². The van der Waals surface area contributed by atoms with E-state index in [0.717, 1.165) is 17.7 Å². The third kappa shape index (κ3) is 5.62. The Hall–Kier alpha value is -1.91. The SMILES string of the molecule is COc1ccc(CCNC(=O)[C@@H](C)Oc2cc(Cl)cc(Cl)c2)cc1. The summed E-state index contributed by atoms with van der Waals surface area (Å²) in [4.78, 5) is 12.1. The number of methoxy groups -OCH3 is 1. The van der Waals surface area contributed by atoms with Crippen LogP contribution >= 0.6 is 23.2 Å². The molecule has 0 aromatic heterocycles. The number of halogens is 2. The van der Waals surface area contributed by atoms with Crippen molar-refractivity contribution in [1.29, 1.82) is 0 Å². The minimum atomic E-state index is -0.643. The fourth-order valence-electron chi connectivity index (χ4n) is 2.12. The molecule has 0 aliphatic rings. The molecule has 1 N–H and O–H groups in total. The highest BCUT2D eigenvalue weighted by atomic mass is 35.5. The van der Waals surface area contributed by atoms with E-state index in [0.29, 0.717) is 22.3 Å². The molecule has 2 aromatic carbocycles. The van der Waals surface area contributed by atoms with Crippen molar-refractivity contribution < 1.29 is 14.3 Å². The smallest absolute Gasteiger partial charge is 0.260 e. The van der Waals surface area contributed by atoms with Gasteiger partial charge in [0.25, 0.3) is 5.91 Å². The molecule has 1 atom stereocenters. The average Bonchev–Trinajstić information content (AvgIpc) is 2.54. The second kappa shape index (κ2) is 8.81. The Labute approximate surface area is 151 Å². The van der Waals surface area contributed by atoms with Gasteiger partial charge in [0.15, 0.2) is 6.10 Å². The summed E-state index contributed by atoms with van der Waals surface area (Å²) < 4.78 is 10.7. The highest BCUT2D eigenvalue weighted by Crippen LogP contribution is 2.24. The molecule has 128 valence electrons. The van der Waals surface area contributed by atoms with Crippen LogP contribution in [0.25, 0.3) is 0 Å². The van der Waals surface area contributed by atoms with Crippen molar-refractivity contribution in [3.05, 3.63) is 58.1 Å². The van der Waals surface area contributed by atoms with Gasteiger partial charge < -0.3 is 14.8 Å². The van der Waals surface area contributed by atoms with Crippen LogP contribution in [0.2, 0.25) is 10.0 Å². The average molecular weight is 368 g/mol. The van der Waals surface area contributed by atoms with Crippen LogP contribution in [0.3, 0.4) is 0 Å². The van der Waals surface area contributed by atoms with Crippen molar-refractivity contribution in [3.63, 3.8) is 0 Å². The quantitative estimate of drug-likeness (QED) is 0.800. The summed E-state index contributed by atoms with van der Waals surface area (Å²) in [7, 11) is 1.63. The molecular formula is C18H19Cl2NO3. The predicted octanol–water partition coefficient (Wildman–Crippen LogP) is 4.13. The number of nitrogens with one attached hydrogen (secondary N) is 1. The van der Waals surface area contributed by atoms with Gasteiger partial charge in [0.2, 0.25) is 0 Å². The monoisotopic (exact) mass is 367 g/mol. The van der Waals surface area contributed by atoms with Crippen molar-refractivity contribution in [3.8, 4) is 11.5 Å². The third-order valence-corrected chi connectivity index (χ3v) is 3.83. The van der Waals surface area contributed by atoms with Crippen LogP contribution in [-0.2, 0) is 11.2 Å². The van der Waals surface area contributed by atoms with E-state index < -0.39 is 6.10 Å². The van der Waals surface area contributed by atoms with Crippen molar-refractivity contribution in [2.45, 2.75) is 19.4 Å². The normalized spacial score (nSPS) is 11.7. The lowest BCUT2D eigenvalue weighted by Crippen LogP contribution is -2.37. The number of carbonyl (C=O) groups excluding carboxylic acids is 1. The molecule has 0 heterocycles. The van der Waals surface area contributed by atoms with Crippen LogP contribution in [0.4, 0.5) is 0 Å². The molecule has 6 heteroatoms. The Morgan fingerprint density at radius 2 is 1.71 bits per heavy atom. The van der Waals surface area contributed by atoms with Crippen LogP contribution in [0.1, 0.15) is 12.5 Å². The molecule has 0 radical (unpaired) electrons. The van der Waals surface area contributed by atoms with Crippen LogP contribution in [-0.4, -0.2) is 25.7 Å². The van der Waals surface area contributed by atoms with Gasteiger partial charge in [-0.25, -0.2) is 0 Å². The van der Waals surface area contributed by atoms with Gasteiger partial charge in [-0.15, -0.1) is 0 Å². The molecule has 0 aliphatic carbocycles. The van der Waals surface area contributed by atoms with E-state index in [9.17, 15) is 4.79 Å². The zero-order valence-electron chi connectivity index (χ0n) is 13.5. The summed E-state index contributed by atoms with van der Waals surface area (Å²) in [6.45, 7) is 2.20. The Kier molecular flexibility index (Phi) is 6.76. The Morgan fingerprint density at radius 3 is 2.29 bits per heavy atom. The van der Waals surface area contributed by atoms with E-state index in [2.05, 4.69) is 5.32 Å². The maximum absolute atomic E-state index is 12.1. The molecule has 0 fully saturated rings. The molecule has 0 aliphatic heterocycles. The van der Waals surface area contributed by atoms with Crippen LogP contribution in [0.5, 0.6) is 11.5 Å². The summed E-state index contributed by atoms with van der Waals surface area (Å²) >= 11 is 11.8. The lowest BCUT2D eigenvalue weighted by molar-refractivity contribution is -0.127. The predicted molar refractivity (Wildman–Crippen MR) is 96.3 cm³/mol. The number of hydrogen-bond acceptors (Lipinski definition) is 3. The lowest BCUT2D eigenvalue weighted by Gasteiger charge is -2.15. The minimum Gasteiger partial charge on any atom is -0.497 e. The maximum Gasteiger partial charge on any atom is 0.260 e. The molecule has 0 unspecified atom stereocenters. The molecule has 4 nitrogen and oxygen atoms in total. The van der Waals surface area contributed by atoms with Gasteiger partial charge in [-0.1, -0.05) is 35.3 Å². The first-order valence-electron chi connectivity index (χ1n) is 7.51. The topological polar surface area (TPSA) is 47.6 Å². The van der Waals surface area contributed by atoms with E-state index in [1.165, 1.54) is 0 Å². The molecule has 2 rings (SSSR count). The van der Waals surface area contributed by atoms with Crippen LogP contribution in [0.15, 0.2) is 42.5 Å². The summed E-state index contributed by atoms with van der Waals surface area (Å²) in [5.74, 6) is 1.08. The lowest BCUT2D eigenvalue weighted by atomic mass is 10.1. The van der Waals surface area contributed by atoms with Crippen molar-refractivity contribution >= 4 is 29.1 Å². The van der Waals surface area contributed by atoms with Gasteiger partial charge in [0, 0.05) is 16.6 Å². The molecule has 0 bridgehead atoms. The van der Waals surface area contributed by atoms with E-state index in [-0.39, 0.29) is 5.91 Å². The first-order chi connectivity index (χ1) is 11.5. The van der Waals surface area contributed by atoms with Gasteiger partial charge in [-0.2, -0.15) is 0 Å². The zero-order chi connectivity index (χ0) is 17.5. The van der Waals surface area contributed by atoms with Gasteiger partial charge in [-0.3, -0.25) is 4.79 Å². The number of hydrogen-bond donors (Lipinski definition) is 1. The van der Waals surface area contributed by atoms with E-state index >= 15 is 0 Å². The fourth-order valence-corrected chi connectivity index (χ4v) is 2.63. The number of rotatable bonds is 7. The third-order valence-electron chi connectivity index (χ3n) is 3.39. The van der Waals surface area contributed by atoms with Crippen LogP contribution < -0.4 is 14.8 Å². The maximum atomic E-state index is 12.1. The standard InChI is InChI=1S/C18H19Cl2NO3/c1-12(24-17-10-14(19)9-15(20)11-17)18(22)21-8-7-13-3-5-16(23-2)6-4-13/h3-6,9-12H,7-8H2,1-2H3,(H,21,22)/t12-/m1/s1. The molecule has 2 aromatic rings. The molecule has 24 heavy (non-hydrogen) atoms. The Morgan fingerprint density at radius 1 is 1.08 bits per heavy atom. The summed E-state index contributed by atoms with van der Waals surface area (Å²) in [6.07, 6.45) is 0.0845. The van der Waals surface area contributed by atoms with Crippen LogP contribution in [0, 0.1) is 0 Å². The van der Waals surface area contributed by atoms with E-state index in [1.807, 2.05) is 24.3 Å². The largest absolute Gasteiger partial charge is 0.497 e. The Bertz CT molecular complexity index is 669. The van der Waals surface area contributed by atoms with Gasteiger partial charge >= 0.3 is 0 Å². The zero-order valence-corrected chi connectivity index (χ0v) is 15.0. The first kappa shape index (κ1) is 18.4. The highest BCUT2D eigenvalue weighted by Gasteiger charge is 2.14. The fraction of sp³-hybridized carbons (Fsp3) is 0.278. The summed E-state index contributed by atoms with van der Waals surface area (Å²) in [5.41, 5.74) is 1.12. The summed E-state index contributed by atoms with van der Waals surface area (Å²) in [5, 5.41) is 3.77. The van der Waals surface area contributed by atoms with Crippen molar-refractivity contribution in [2.24, 2.45) is 0 Å². The Balaban J connectivity index is 1.80. The second-order valence-electron chi connectivity index (χ2n) is 5.25.